The Morgan fingerprint density at radius 1 is 0.964 bits per heavy atom. The maximum atomic E-state index is 13.1. The summed E-state index contributed by atoms with van der Waals surface area (Å²) in [5.74, 6) is -0.609. The predicted molar refractivity (Wildman–Crippen MR) is 114 cm³/mol. The molecule has 138 valence electrons. The lowest BCUT2D eigenvalue weighted by Crippen LogP contribution is -2.22. The molecule has 1 N–H and O–H groups in total. The molecule has 4 rings (SSSR count). The van der Waals surface area contributed by atoms with E-state index < -0.39 is 5.92 Å². The summed E-state index contributed by atoms with van der Waals surface area (Å²) in [6.45, 7) is 0. The second-order valence-corrected chi connectivity index (χ2v) is 7.99. The number of pyridine rings is 2. The third kappa shape index (κ3) is 4.16. The van der Waals surface area contributed by atoms with Crippen LogP contribution in [-0.2, 0) is 4.79 Å². The number of nitrogens with zero attached hydrogens (tertiary/aromatic N) is 3. The van der Waals surface area contributed by atoms with E-state index in [9.17, 15) is 4.79 Å². The van der Waals surface area contributed by atoms with Crippen molar-refractivity contribution in [3.63, 3.8) is 0 Å². The zero-order valence-corrected chi connectivity index (χ0v) is 17.0. The van der Waals surface area contributed by atoms with Crippen LogP contribution in [0.4, 0.5) is 5.13 Å². The summed E-state index contributed by atoms with van der Waals surface area (Å²) in [5, 5.41) is 3.50. The second kappa shape index (κ2) is 8.41. The lowest BCUT2D eigenvalue weighted by molar-refractivity contribution is -0.116. The Labute approximate surface area is 174 Å². The standard InChI is InChI=1S/C21H15BrN4OS/c22-17-9-16(11-24-12-17)18-13-25-21(28-18)26-20(27)19(14-5-2-1-3-6-14)15-7-4-8-23-10-15/h1-13,19H,(H,25,26,27). The molecule has 0 radical (unpaired) electrons. The van der Waals surface area contributed by atoms with Crippen LogP contribution >= 0.6 is 27.3 Å². The Morgan fingerprint density at radius 3 is 2.54 bits per heavy atom. The number of hydrogen-bond acceptors (Lipinski definition) is 5. The molecule has 0 saturated carbocycles. The molecule has 0 aliphatic carbocycles. The van der Waals surface area contributed by atoms with Crippen molar-refractivity contribution in [3.8, 4) is 10.4 Å². The van der Waals surface area contributed by atoms with Crippen molar-refractivity contribution in [2.75, 3.05) is 5.32 Å². The molecule has 0 aliphatic heterocycles. The van der Waals surface area contributed by atoms with Gasteiger partial charge in [-0.2, -0.15) is 0 Å². The number of carbonyl (C=O) groups is 1. The molecule has 1 unspecified atom stereocenters. The van der Waals surface area contributed by atoms with Gasteiger partial charge in [0.05, 0.1) is 10.8 Å². The Hall–Kier alpha value is -2.90. The summed E-state index contributed by atoms with van der Waals surface area (Å²) in [4.78, 5) is 26.8. The van der Waals surface area contributed by atoms with E-state index in [2.05, 4.69) is 36.2 Å². The molecule has 0 aliphatic rings. The average Bonchev–Trinajstić information content (AvgIpc) is 3.18. The SMILES string of the molecule is O=C(Nc1ncc(-c2cncc(Br)c2)s1)C(c1ccccc1)c1cccnc1. The van der Waals surface area contributed by atoms with E-state index in [1.54, 1.807) is 31.0 Å². The number of hydrogen-bond donors (Lipinski definition) is 1. The van der Waals surface area contributed by atoms with Crippen LogP contribution in [0.2, 0.25) is 0 Å². The largest absolute Gasteiger partial charge is 0.301 e. The van der Waals surface area contributed by atoms with Gasteiger partial charge in [-0.1, -0.05) is 47.7 Å². The molecular weight excluding hydrogens is 436 g/mol. The van der Waals surface area contributed by atoms with Gasteiger partial charge in [-0.15, -0.1) is 0 Å². The Kier molecular flexibility index (Phi) is 5.55. The number of carbonyl (C=O) groups excluding carboxylic acids is 1. The fraction of sp³-hybridized carbons (Fsp3) is 0.0476. The monoisotopic (exact) mass is 450 g/mol. The smallest absolute Gasteiger partial charge is 0.238 e. The molecule has 3 heterocycles. The zero-order chi connectivity index (χ0) is 19.3. The molecule has 1 atom stereocenters. The molecule has 28 heavy (non-hydrogen) atoms. The normalized spacial score (nSPS) is 11.8. The first-order valence-corrected chi connectivity index (χ1v) is 10.1. The third-order valence-electron chi connectivity index (χ3n) is 4.14. The number of halogens is 1. The minimum Gasteiger partial charge on any atom is -0.301 e. The Bertz CT molecular complexity index is 1050. The van der Waals surface area contributed by atoms with Crippen molar-refractivity contribution in [2.45, 2.75) is 5.92 Å². The fourth-order valence-corrected chi connectivity index (χ4v) is 4.04. The quantitative estimate of drug-likeness (QED) is 0.457. The maximum Gasteiger partial charge on any atom is 0.238 e. The number of thiazole rings is 1. The lowest BCUT2D eigenvalue weighted by Gasteiger charge is -2.16. The molecule has 0 fully saturated rings. The summed E-state index contributed by atoms with van der Waals surface area (Å²) in [6.07, 6.45) is 8.66. The summed E-state index contributed by atoms with van der Waals surface area (Å²) >= 11 is 4.83. The zero-order valence-electron chi connectivity index (χ0n) is 14.6. The molecule has 0 saturated heterocycles. The highest BCUT2D eigenvalue weighted by molar-refractivity contribution is 9.10. The topological polar surface area (TPSA) is 67.8 Å². The lowest BCUT2D eigenvalue weighted by atomic mass is 9.92. The average molecular weight is 451 g/mol. The first-order valence-electron chi connectivity index (χ1n) is 8.53. The minimum atomic E-state index is -0.463. The van der Waals surface area contributed by atoms with Crippen LogP contribution in [0.5, 0.6) is 0 Å². The van der Waals surface area contributed by atoms with E-state index in [4.69, 9.17) is 0 Å². The molecule has 0 spiro atoms. The van der Waals surface area contributed by atoms with Crippen molar-refractivity contribution in [1.29, 1.82) is 0 Å². The van der Waals surface area contributed by atoms with Crippen LogP contribution in [-0.4, -0.2) is 20.9 Å². The highest BCUT2D eigenvalue weighted by atomic mass is 79.9. The van der Waals surface area contributed by atoms with Crippen LogP contribution < -0.4 is 5.32 Å². The van der Waals surface area contributed by atoms with Gasteiger partial charge < -0.3 is 5.32 Å². The molecule has 0 bridgehead atoms. The summed E-state index contributed by atoms with van der Waals surface area (Å²) in [6, 6.07) is 15.4. The second-order valence-electron chi connectivity index (χ2n) is 6.04. The number of anilines is 1. The van der Waals surface area contributed by atoms with E-state index in [0.717, 1.165) is 26.0 Å². The third-order valence-corrected chi connectivity index (χ3v) is 5.53. The first kappa shape index (κ1) is 18.5. The van der Waals surface area contributed by atoms with E-state index in [0.29, 0.717) is 5.13 Å². The first-order chi connectivity index (χ1) is 13.7. The van der Waals surface area contributed by atoms with Crippen molar-refractivity contribution >= 4 is 38.3 Å². The van der Waals surface area contributed by atoms with E-state index >= 15 is 0 Å². The molecular formula is C21H15BrN4OS. The van der Waals surface area contributed by atoms with Gasteiger partial charge >= 0.3 is 0 Å². The van der Waals surface area contributed by atoms with Gasteiger partial charge in [0.1, 0.15) is 0 Å². The molecule has 1 amide bonds. The van der Waals surface area contributed by atoms with Crippen LogP contribution in [0.25, 0.3) is 10.4 Å². The minimum absolute atomic E-state index is 0.146. The number of aromatic nitrogens is 3. The van der Waals surface area contributed by atoms with Gasteiger partial charge in [0.15, 0.2) is 5.13 Å². The van der Waals surface area contributed by atoms with E-state index in [-0.39, 0.29) is 5.91 Å². The van der Waals surface area contributed by atoms with Crippen molar-refractivity contribution < 1.29 is 4.79 Å². The van der Waals surface area contributed by atoms with Gasteiger partial charge in [0.2, 0.25) is 5.91 Å². The van der Waals surface area contributed by atoms with Gasteiger partial charge in [-0.3, -0.25) is 14.8 Å². The van der Waals surface area contributed by atoms with Crippen LogP contribution in [0.3, 0.4) is 0 Å². The fourth-order valence-electron chi connectivity index (χ4n) is 2.88. The highest BCUT2D eigenvalue weighted by Gasteiger charge is 2.24. The molecule has 5 nitrogen and oxygen atoms in total. The number of benzene rings is 1. The molecule has 1 aromatic carbocycles. The summed E-state index contributed by atoms with van der Waals surface area (Å²) < 4.78 is 0.893. The van der Waals surface area contributed by atoms with Crippen molar-refractivity contribution in [1.82, 2.24) is 15.0 Å². The van der Waals surface area contributed by atoms with Crippen molar-refractivity contribution in [3.05, 3.63) is 95.1 Å². The highest BCUT2D eigenvalue weighted by Crippen LogP contribution is 2.31. The van der Waals surface area contributed by atoms with Gasteiger partial charge in [0, 0.05) is 41.0 Å². The van der Waals surface area contributed by atoms with Gasteiger partial charge in [-0.05, 0) is 39.2 Å². The molecule has 7 heteroatoms. The maximum absolute atomic E-state index is 13.1. The van der Waals surface area contributed by atoms with Crippen LogP contribution in [0.1, 0.15) is 17.0 Å². The number of nitrogens with one attached hydrogen (secondary N) is 1. The van der Waals surface area contributed by atoms with E-state index in [1.807, 2.05) is 48.5 Å². The molecule has 3 aromatic heterocycles. The van der Waals surface area contributed by atoms with E-state index in [1.165, 1.54) is 11.3 Å². The predicted octanol–water partition coefficient (Wildman–Crippen LogP) is 5.13. The summed E-state index contributed by atoms with van der Waals surface area (Å²) in [5.41, 5.74) is 2.68. The van der Waals surface area contributed by atoms with Gasteiger partial charge in [0.25, 0.3) is 0 Å². The van der Waals surface area contributed by atoms with Gasteiger partial charge in [-0.25, -0.2) is 4.98 Å². The van der Waals surface area contributed by atoms with Crippen molar-refractivity contribution in [2.24, 2.45) is 0 Å². The number of rotatable bonds is 5. The summed E-state index contributed by atoms with van der Waals surface area (Å²) in [7, 11) is 0. The molecule has 4 aromatic rings. The van der Waals surface area contributed by atoms with Crippen LogP contribution in [0.15, 0.2) is 84.0 Å². The number of amides is 1. The van der Waals surface area contributed by atoms with Crippen LogP contribution in [0, 0.1) is 0 Å². The Morgan fingerprint density at radius 2 is 1.79 bits per heavy atom. The Balaban J connectivity index is 1.60.